The summed E-state index contributed by atoms with van der Waals surface area (Å²) >= 11 is 0. The van der Waals surface area contributed by atoms with E-state index in [4.69, 9.17) is 5.73 Å². The third kappa shape index (κ3) is 2.36. The fourth-order valence-corrected chi connectivity index (χ4v) is 2.39. The van der Waals surface area contributed by atoms with Crippen LogP contribution in [0.5, 0.6) is 0 Å². The normalized spacial score (nSPS) is 24.1. The number of nitrogens with zero attached hydrogens (tertiary/aromatic N) is 3. The molecular formula is C13H18N4O. The molecule has 0 spiro atoms. The molecule has 0 radical (unpaired) electrons. The number of amides is 1. The summed E-state index contributed by atoms with van der Waals surface area (Å²) in [5.41, 5.74) is 6.42. The van der Waals surface area contributed by atoms with Crippen molar-refractivity contribution in [3.63, 3.8) is 0 Å². The molecule has 1 saturated carbocycles. The maximum absolute atomic E-state index is 12.3. The maximum Gasteiger partial charge on any atom is 0.272 e. The highest BCUT2D eigenvalue weighted by molar-refractivity contribution is 5.92. The predicted octanol–water partition coefficient (Wildman–Crippen LogP) is 0.917. The quantitative estimate of drug-likeness (QED) is 0.842. The molecule has 5 nitrogen and oxygen atoms in total. The van der Waals surface area contributed by atoms with E-state index in [1.165, 1.54) is 0 Å². The van der Waals surface area contributed by atoms with Gasteiger partial charge < -0.3 is 10.6 Å². The molecule has 1 atom stereocenters. The number of hydrogen-bond donors (Lipinski definition) is 1. The van der Waals surface area contributed by atoms with E-state index in [1.807, 2.05) is 4.90 Å². The third-order valence-corrected chi connectivity index (χ3v) is 3.58. The van der Waals surface area contributed by atoms with Crippen LogP contribution in [0.3, 0.4) is 0 Å². The molecule has 2 fully saturated rings. The Morgan fingerprint density at radius 3 is 2.94 bits per heavy atom. The fraction of sp³-hybridized carbons (Fsp3) is 0.615. The van der Waals surface area contributed by atoms with Crippen LogP contribution >= 0.6 is 0 Å². The van der Waals surface area contributed by atoms with E-state index in [-0.39, 0.29) is 11.9 Å². The summed E-state index contributed by atoms with van der Waals surface area (Å²) in [6.07, 6.45) is 5.96. The van der Waals surface area contributed by atoms with Crippen LogP contribution in [-0.2, 0) is 0 Å². The number of carbonyl (C=O) groups excluding carboxylic acids is 1. The number of rotatable bonds is 2. The van der Waals surface area contributed by atoms with Gasteiger partial charge in [0.1, 0.15) is 11.5 Å². The smallest absolute Gasteiger partial charge is 0.272 e. The maximum atomic E-state index is 12.3. The summed E-state index contributed by atoms with van der Waals surface area (Å²) in [5, 5.41) is 0. The lowest BCUT2D eigenvalue weighted by Gasteiger charge is -2.30. The molecule has 5 heteroatoms. The number of likely N-dealkylation sites (tertiary alicyclic amines) is 1. The molecule has 0 bridgehead atoms. The molecule has 3 rings (SSSR count). The van der Waals surface area contributed by atoms with Crippen molar-refractivity contribution in [1.82, 2.24) is 14.9 Å². The molecule has 1 amide bonds. The molecule has 1 unspecified atom stereocenters. The molecular weight excluding hydrogens is 228 g/mol. The largest absolute Gasteiger partial charge is 0.336 e. The zero-order valence-electron chi connectivity index (χ0n) is 10.4. The second kappa shape index (κ2) is 4.65. The summed E-state index contributed by atoms with van der Waals surface area (Å²) < 4.78 is 0. The lowest BCUT2D eigenvalue weighted by molar-refractivity contribution is 0.0702. The summed E-state index contributed by atoms with van der Waals surface area (Å²) in [6.45, 7) is 1.43. The highest BCUT2D eigenvalue weighted by Crippen LogP contribution is 2.37. The molecule has 1 aliphatic carbocycles. The summed E-state index contributed by atoms with van der Waals surface area (Å²) in [7, 11) is 0. The summed E-state index contributed by atoms with van der Waals surface area (Å²) in [4.78, 5) is 22.8. The lowest BCUT2D eigenvalue weighted by Crippen LogP contribution is -2.46. The van der Waals surface area contributed by atoms with Gasteiger partial charge in [-0.25, -0.2) is 9.97 Å². The van der Waals surface area contributed by atoms with Crippen LogP contribution in [0.2, 0.25) is 0 Å². The van der Waals surface area contributed by atoms with Crippen LogP contribution in [0.15, 0.2) is 12.3 Å². The number of nitrogens with two attached hydrogens (primary N) is 1. The van der Waals surface area contributed by atoms with E-state index in [9.17, 15) is 4.79 Å². The predicted molar refractivity (Wildman–Crippen MR) is 67.1 cm³/mol. The van der Waals surface area contributed by atoms with Gasteiger partial charge in [0.05, 0.1) is 0 Å². The van der Waals surface area contributed by atoms with Gasteiger partial charge in [-0.15, -0.1) is 0 Å². The molecule has 0 aromatic carbocycles. The first-order chi connectivity index (χ1) is 8.74. The van der Waals surface area contributed by atoms with Crippen LogP contribution in [0.1, 0.15) is 47.9 Å². The summed E-state index contributed by atoms with van der Waals surface area (Å²) in [6, 6.07) is 1.81. The van der Waals surface area contributed by atoms with E-state index >= 15 is 0 Å². The van der Waals surface area contributed by atoms with Crippen LogP contribution in [0, 0.1) is 0 Å². The Balaban J connectivity index is 1.76. The Bertz CT molecular complexity index is 458. The van der Waals surface area contributed by atoms with E-state index in [1.54, 1.807) is 12.3 Å². The molecule has 1 aromatic heterocycles. The molecule has 1 aromatic rings. The monoisotopic (exact) mass is 246 g/mol. The van der Waals surface area contributed by atoms with Crippen molar-refractivity contribution in [3.05, 3.63) is 23.8 Å². The zero-order valence-corrected chi connectivity index (χ0v) is 10.4. The van der Waals surface area contributed by atoms with Crippen molar-refractivity contribution in [3.8, 4) is 0 Å². The van der Waals surface area contributed by atoms with E-state index in [0.717, 1.165) is 38.1 Å². The fourth-order valence-electron chi connectivity index (χ4n) is 2.39. The van der Waals surface area contributed by atoms with Crippen LogP contribution in [-0.4, -0.2) is 39.9 Å². The van der Waals surface area contributed by atoms with Gasteiger partial charge in [0.2, 0.25) is 0 Å². The van der Waals surface area contributed by atoms with Gasteiger partial charge in [-0.3, -0.25) is 4.79 Å². The highest BCUT2D eigenvalue weighted by atomic mass is 16.2. The van der Waals surface area contributed by atoms with Crippen molar-refractivity contribution >= 4 is 5.91 Å². The Morgan fingerprint density at radius 2 is 2.22 bits per heavy atom. The van der Waals surface area contributed by atoms with Gasteiger partial charge >= 0.3 is 0 Å². The van der Waals surface area contributed by atoms with Gasteiger partial charge in [-0.1, -0.05) is 0 Å². The Kier molecular flexibility index (Phi) is 2.99. The van der Waals surface area contributed by atoms with Crippen molar-refractivity contribution in [2.45, 2.75) is 37.6 Å². The minimum atomic E-state index is -0.00514. The van der Waals surface area contributed by atoms with Crippen LogP contribution < -0.4 is 5.73 Å². The second-order valence-corrected chi connectivity index (χ2v) is 5.23. The number of aromatic nitrogens is 2. The molecule has 1 aliphatic heterocycles. The molecule has 18 heavy (non-hydrogen) atoms. The molecule has 2 N–H and O–H groups in total. The first kappa shape index (κ1) is 11.6. The van der Waals surface area contributed by atoms with Gasteiger partial charge in [0.25, 0.3) is 5.91 Å². The average molecular weight is 246 g/mol. The van der Waals surface area contributed by atoms with E-state index in [0.29, 0.717) is 18.2 Å². The zero-order chi connectivity index (χ0) is 12.5. The van der Waals surface area contributed by atoms with Crippen LogP contribution in [0.25, 0.3) is 0 Å². The first-order valence-electron chi connectivity index (χ1n) is 6.62. The molecule has 2 heterocycles. The van der Waals surface area contributed by atoms with Crippen molar-refractivity contribution in [2.75, 3.05) is 13.1 Å². The second-order valence-electron chi connectivity index (χ2n) is 5.23. The van der Waals surface area contributed by atoms with E-state index in [2.05, 4.69) is 9.97 Å². The lowest BCUT2D eigenvalue weighted by atomic mass is 10.1. The molecule has 2 aliphatic rings. The standard InChI is InChI=1S/C13H18N4O/c14-10-2-1-7-17(8-10)13(18)11-5-6-15-12(16-11)9-3-4-9/h5-6,9-10H,1-4,7-8,14H2. The Hall–Kier alpha value is -1.49. The highest BCUT2D eigenvalue weighted by Gasteiger charge is 2.28. The van der Waals surface area contributed by atoms with Gasteiger partial charge in [-0.2, -0.15) is 0 Å². The van der Waals surface area contributed by atoms with Crippen molar-refractivity contribution < 1.29 is 4.79 Å². The minimum absolute atomic E-state index is 0.00514. The van der Waals surface area contributed by atoms with Crippen molar-refractivity contribution in [2.24, 2.45) is 5.73 Å². The Morgan fingerprint density at radius 1 is 1.39 bits per heavy atom. The van der Waals surface area contributed by atoms with Gasteiger partial charge in [0.15, 0.2) is 0 Å². The van der Waals surface area contributed by atoms with Gasteiger partial charge in [-0.05, 0) is 31.7 Å². The Labute approximate surface area is 106 Å². The number of carbonyl (C=O) groups is 1. The summed E-state index contributed by atoms with van der Waals surface area (Å²) in [5.74, 6) is 1.29. The third-order valence-electron chi connectivity index (χ3n) is 3.58. The first-order valence-corrected chi connectivity index (χ1v) is 6.62. The topological polar surface area (TPSA) is 72.1 Å². The SMILES string of the molecule is NC1CCCN(C(=O)c2ccnc(C3CC3)n2)C1. The molecule has 1 saturated heterocycles. The molecule has 96 valence electrons. The van der Waals surface area contributed by atoms with Crippen molar-refractivity contribution in [1.29, 1.82) is 0 Å². The minimum Gasteiger partial charge on any atom is -0.336 e. The number of piperidine rings is 1. The van der Waals surface area contributed by atoms with Crippen LogP contribution in [0.4, 0.5) is 0 Å². The van der Waals surface area contributed by atoms with Gasteiger partial charge in [0, 0.05) is 31.2 Å². The average Bonchev–Trinajstić information content (AvgIpc) is 3.22. The van der Waals surface area contributed by atoms with E-state index < -0.39 is 0 Å². The number of hydrogen-bond acceptors (Lipinski definition) is 4.